The van der Waals surface area contributed by atoms with Crippen LogP contribution in [0.4, 0.5) is 0 Å². The molecule has 0 radical (unpaired) electrons. The predicted octanol–water partition coefficient (Wildman–Crippen LogP) is 1.13. The Hall–Kier alpha value is -0.710. The quantitative estimate of drug-likeness (QED) is 0.728. The summed E-state index contributed by atoms with van der Waals surface area (Å²) < 4.78 is 0. The third-order valence-electron chi connectivity index (χ3n) is 3.16. The molecule has 1 saturated carbocycles. The van der Waals surface area contributed by atoms with Gasteiger partial charge in [-0.25, -0.2) is 0 Å². The zero-order valence-electron chi connectivity index (χ0n) is 9.71. The zero-order chi connectivity index (χ0) is 11.4. The van der Waals surface area contributed by atoms with Crippen molar-refractivity contribution in [3.63, 3.8) is 0 Å². The molecule has 1 aliphatic heterocycles. The van der Waals surface area contributed by atoms with Crippen LogP contribution < -0.4 is 10.6 Å². The minimum absolute atomic E-state index is 0.0134. The number of hydrogen-bond donors (Lipinski definition) is 2. The van der Waals surface area contributed by atoms with E-state index in [1.807, 2.05) is 11.8 Å². The van der Waals surface area contributed by atoms with Crippen LogP contribution in [0.25, 0.3) is 0 Å². The van der Waals surface area contributed by atoms with Gasteiger partial charge in [0.25, 0.3) is 0 Å². The molecule has 2 N–H and O–H groups in total. The van der Waals surface area contributed by atoms with Crippen molar-refractivity contribution in [2.45, 2.75) is 38.1 Å². The van der Waals surface area contributed by atoms with E-state index in [2.05, 4.69) is 15.6 Å². The van der Waals surface area contributed by atoms with Gasteiger partial charge in [-0.15, -0.1) is 0 Å². The number of hydrogen-bond acceptors (Lipinski definition) is 3. The second-order valence-electron chi connectivity index (χ2n) is 4.57. The highest BCUT2D eigenvalue weighted by Gasteiger charge is 2.39. The average Bonchev–Trinajstić information content (AvgIpc) is 2.85. The molecular formula is C11H19N3OS. The smallest absolute Gasteiger partial charge is 0.216 e. The largest absolute Gasteiger partial charge is 0.359 e. The lowest BCUT2D eigenvalue weighted by atomic mass is 10.0. The van der Waals surface area contributed by atoms with Crippen molar-refractivity contribution in [3.05, 3.63) is 0 Å². The number of nitrogens with zero attached hydrogens (tertiary/aromatic N) is 1. The summed E-state index contributed by atoms with van der Waals surface area (Å²) in [4.78, 5) is 15.1. The van der Waals surface area contributed by atoms with E-state index in [-0.39, 0.29) is 5.91 Å². The fraction of sp³-hybridized carbons (Fsp3) is 0.818. The lowest BCUT2D eigenvalue weighted by Gasteiger charge is -2.21. The molecule has 5 heteroatoms. The number of nitrogens with one attached hydrogen (secondary N) is 2. The highest BCUT2D eigenvalue weighted by Crippen LogP contribution is 2.37. The van der Waals surface area contributed by atoms with Gasteiger partial charge in [0.15, 0.2) is 5.17 Å². The van der Waals surface area contributed by atoms with Crippen LogP contribution in [0.1, 0.15) is 32.6 Å². The van der Waals surface area contributed by atoms with E-state index in [1.54, 1.807) is 0 Å². The van der Waals surface area contributed by atoms with Crippen molar-refractivity contribution in [2.24, 2.45) is 4.99 Å². The van der Waals surface area contributed by atoms with Crippen LogP contribution in [-0.2, 0) is 4.79 Å². The van der Waals surface area contributed by atoms with E-state index in [0.29, 0.717) is 18.6 Å². The number of carbonyl (C=O) groups excluding carboxylic acids is 1. The minimum Gasteiger partial charge on any atom is -0.359 e. The fourth-order valence-electron chi connectivity index (χ4n) is 2.30. The molecule has 90 valence electrons. The van der Waals surface area contributed by atoms with Gasteiger partial charge in [-0.2, -0.15) is 0 Å². The predicted molar refractivity (Wildman–Crippen MR) is 67.8 cm³/mol. The van der Waals surface area contributed by atoms with Gasteiger partial charge in [-0.3, -0.25) is 9.79 Å². The Morgan fingerprint density at radius 3 is 3.00 bits per heavy atom. The SMILES string of the molecule is CC(=O)NCCN=C1NC2(CCCC2)CS1. The van der Waals surface area contributed by atoms with E-state index >= 15 is 0 Å². The van der Waals surface area contributed by atoms with Gasteiger partial charge in [0, 0.05) is 24.8 Å². The van der Waals surface area contributed by atoms with E-state index in [1.165, 1.54) is 32.6 Å². The maximum Gasteiger partial charge on any atom is 0.216 e. The molecule has 0 aromatic rings. The van der Waals surface area contributed by atoms with Crippen molar-refractivity contribution in [2.75, 3.05) is 18.8 Å². The maximum atomic E-state index is 10.7. The molecule has 16 heavy (non-hydrogen) atoms. The van der Waals surface area contributed by atoms with Gasteiger partial charge < -0.3 is 10.6 Å². The van der Waals surface area contributed by atoms with Crippen LogP contribution >= 0.6 is 11.8 Å². The van der Waals surface area contributed by atoms with E-state index in [9.17, 15) is 4.79 Å². The van der Waals surface area contributed by atoms with E-state index in [0.717, 1.165) is 10.9 Å². The molecule has 2 aliphatic rings. The van der Waals surface area contributed by atoms with Crippen LogP contribution in [0.15, 0.2) is 4.99 Å². The molecule has 0 unspecified atom stereocenters. The minimum atomic E-state index is 0.0134. The molecule has 0 atom stereocenters. The van der Waals surface area contributed by atoms with Gasteiger partial charge in [-0.05, 0) is 12.8 Å². The molecule has 4 nitrogen and oxygen atoms in total. The van der Waals surface area contributed by atoms with Crippen molar-refractivity contribution >= 4 is 22.8 Å². The first-order valence-corrected chi connectivity index (χ1v) is 6.89. The van der Waals surface area contributed by atoms with Crippen LogP contribution in [0.3, 0.4) is 0 Å². The van der Waals surface area contributed by atoms with Gasteiger partial charge in [0.2, 0.25) is 5.91 Å². The molecule has 1 amide bonds. The second kappa shape index (κ2) is 5.08. The summed E-state index contributed by atoms with van der Waals surface area (Å²) in [6, 6.07) is 0. The Kier molecular flexibility index (Phi) is 3.74. The number of aliphatic imine (C=N–C) groups is 1. The summed E-state index contributed by atoms with van der Waals surface area (Å²) in [5, 5.41) is 7.36. The van der Waals surface area contributed by atoms with Crippen molar-refractivity contribution < 1.29 is 4.79 Å². The second-order valence-corrected chi connectivity index (χ2v) is 5.53. The van der Waals surface area contributed by atoms with Crippen LogP contribution in [0.2, 0.25) is 0 Å². The molecule has 2 rings (SSSR count). The summed E-state index contributed by atoms with van der Waals surface area (Å²) >= 11 is 1.82. The third-order valence-corrected chi connectivity index (χ3v) is 4.36. The Labute approximate surface area is 101 Å². The first-order chi connectivity index (χ1) is 7.70. The molecule has 1 saturated heterocycles. The van der Waals surface area contributed by atoms with E-state index < -0.39 is 0 Å². The molecule has 1 spiro atoms. The number of amidine groups is 1. The monoisotopic (exact) mass is 241 g/mol. The van der Waals surface area contributed by atoms with Crippen molar-refractivity contribution in [1.29, 1.82) is 0 Å². The summed E-state index contributed by atoms with van der Waals surface area (Å²) in [7, 11) is 0. The van der Waals surface area contributed by atoms with E-state index in [4.69, 9.17) is 0 Å². The third kappa shape index (κ3) is 2.90. The van der Waals surface area contributed by atoms with Gasteiger partial charge in [0.1, 0.15) is 0 Å². The van der Waals surface area contributed by atoms with Gasteiger partial charge >= 0.3 is 0 Å². The number of carbonyl (C=O) groups is 1. The number of rotatable bonds is 3. The summed E-state index contributed by atoms with van der Waals surface area (Å²) in [6.07, 6.45) is 5.24. The van der Waals surface area contributed by atoms with Gasteiger partial charge in [-0.1, -0.05) is 24.6 Å². The lowest BCUT2D eigenvalue weighted by molar-refractivity contribution is -0.118. The first-order valence-electron chi connectivity index (χ1n) is 5.90. The fourth-order valence-corrected chi connectivity index (χ4v) is 3.55. The maximum absolute atomic E-state index is 10.7. The molecule has 0 aromatic carbocycles. The molecule has 0 aromatic heterocycles. The van der Waals surface area contributed by atoms with Gasteiger partial charge in [0.05, 0.1) is 6.54 Å². The summed E-state index contributed by atoms with van der Waals surface area (Å²) in [5.41, 5.74) is 0.345. The average molecular weight is 241 g/mol. The molecule has 1 aliphatic carbocycles. The highest BCUT2D eigenvalue weighted by molar-refractivity contribution is 8.14. The van der Waals surface area contributed by atoms with Crippen LogP contribution in [0.5, 0.6) is 0 Å². The summed E-state index contributed by atoms with van der Waals surface area (Å²) in [6.45, 7) is 2.84. The Bertz CT molecular complexity index is 298. The normalized spacial score (nSPS) is 24.9. The van der Waals surface area contributed by atoms with Crippen LogP contribution in [-0.4, -0.2) is 35.5 Å². The molecule has 2 fully saturated rings. The highest BCUT2D eigenvalue weighted by atomic mass is 32.2. The molecular weight excluding hydrogens is 222 g/mol. The molecule has 0 bridgehead atoms. The summed E-state index contributed by atoms with van der Waals surface area (Å²) in [5.74, 6) is 1.17. The Balaban J connectivity index is 1.75. The number of thioether (sulfide) groups is 1. The lowest BCUT2D eigenvalue weighted by Crippen LogP contribution is -2.40. The Morgan fingerprint density at radius 1 is 1.56 bits per heavy atom. The van der Waals surface area contributed by atoms with Crippen LogP contribution in [0, 0.1) is 0 Å². The standard InChI is InChI=1S/C11H19N3OS/c1-9(15)12-6-7-13-10-14-11(8-16-10)4-2-3-5-11/h2-8H2,1H3,(H,12,15)(H,13,14). The topological polar surface area (TPSA) is 53.5 Å². The van der Waals surface area contributed by atoms with Crippen molar-refractivity contribution in [1.82, 2.24) is 10.6 Å². The number of amides is 1. The zero-order valence-corrected chi connectivity index (χ0v) is 10.5. The first kappa shape index (κ1) is 11.8. The molecule has 1 heterocycles. The Morgan fingerprint density at radius 2 is 2.31 bits per heavy atom. The van der Waals surface area contributed by atoms with Crippen molar-refractivity contribution in [3.8, 4) is 0 Å².